The lowest BCUT2D eigenvalue weighted by atomic mass is 10.3. The lowest BCUT2D eigenvalue weighted by molar-refractivity contribution is 0.634. The highest BCUT2D eigenvalue weighted by molar-refractivity contribution is 14.1. The molecule has 0 saturated heterocycles. The molecule has 0 fully saturated rings. The van der Waals surface area contributed by atoms with E-state index in [1.54, 1.807) is 6.33 Å². The summed E-state index contributed by atoms with van der Waals surface area (Å²) in [7, 11) is -1.07. The molecule has 0 aliphatic rings. The van der Waals surface area contributed by atoms with Crippen molar-refractivity contribution in [2.45, 2.75) is 32.1 Å². The Bertz CT molecular complexity index is 589. The Morgan fingerprint density at radius 1 is 1.50 bits per heavy atom. The Morgan fingerprint density at radius 2 is 2.22 bits per heavy atom. The number of halogens is 1. The highest BCUT2D eigenvalue weighted by Gasteiger charge is 2.19. The topological polar surface area (TPSA) is 46.4 Å². The van der Waals surface area contributed by atoms with Gasteiger partial charge in [0.1, 0.15) is 0 Å². The minimum absolute atomic E-state index is 0.260. The standard InChI is InChI=1S/C12H16IN3OS/c1-12(2,3)18(17)15-7-10-11-6-9(13)4-5-16(11)8-14-10/h4-6,8,15H,7H2,1-3H3. The van der Waals surface area contributed by atoms with E-state index in [2.05, 4.69) is 38.4 Å². The molecular formula is C12H16IN3OS. The van der Waals surface area contributed by atoms with E-state index >= 15 is 0 Å². The molecule has 0 saturated carbocycles. The molecule has 2 rings (SSSR count). The summed E-state index contributed by atoms with van der Waals surface area (Å²) in [6.45, 7) is 6.36. The van der Waals surface area contributed by atoms with E-state index in [0.29, 0.717) is 6.54 Å². The van der Waals surface area contributed by atoms with Crippen molar-refractivity contribution in [1.29, 1.82) is 0 Å². The van der Waals surface area contributed by atoms with Crippen molar-refractivity contribution in [3.05, 3.63) is 33.9 Å². The van der Waals surface area contributed by atoms with Gasteiger partial charge >= 0.3 is 0 Å². The van der Waals surface area contributed by atoms with Gasteiger partial charge in [-0.3, -0.25) is 0 Å². The Hall–Kier alpha value is -0.470. The second-order valence-electron chi connectivity index (χ2n) is 5.03. The number of rotatable bonds is 3. The van der Waals surface area contributed by atoms with Crippen LogP contribution >= 0.6 is 22.6 Å². The number of nitrogens with zero attached hydrogens (tertiary/aromatic N) is 2. The van der Waals surface area contributed by atoms with Crippen molar-refractivity contribution in [3.8, 4) is 0 Å². The molecule has 2 aromatic heterocycles. The third kappa shape index (κ3) is 3.10. The second-order valence-corrected chi connectivity index (χ2v) is 8.33. The molecule has 1 unspecified atom stereocenters. The average Bonchev–Trinajstić information content (AvgIpc) is 2.67. The van der Waals surface area contributed by atoms with Crippen molar-refractivity contribution in [3.63, 3.8) is 0 Å². The fourth-order valence-electron chi connectivity index (χ4n) is 1.50. The number of hydrogen-bond donors (Lipinski definition) is 1. The molecule has 6 heteroatoms. The predicted octanol–water partition coefficient (Wildman–Crippen LogP) is 2.49. The zero-order valence-electron chi connectivity index (χ0n) is 10.6. The Morgan fingerprint density at radius 3 is 2.89 bits per heavy atom. The molecule has 0 bridgehead atoms. The molecule has 0 radical (unpaired) electrons. The third-order valence-corrected chi connectivity index (χ3v) is 4.70. The first-order valence-corrected chi connectivity index (χ1v) is 7.87. The molecular weight excluding hydrogens is 361 g/mol. The number of nitrogens with one attached hydrogen (secondary N) is 1. The SMILES string of the molecule is CC(C)(C)S(=O)NCc1ncn2ccc(I)cc12. The maximum Gasteiger partial charge on any atom is 0.0996 e. The number of pyridine rings is 1. The van der Waals surface area contributed by atoms with Crippen LogP contribution in [0.3, 0.4) is 0 Å². The molecule has 18 heavy (non-hydrogen) atoms. The lowest BCUT2D eigenvalue weighted by Crippen LogP contribution is -2.33. The molecule has 1 atom stereocenters. The highest BCUT2D eigenvalue weighted by Crippen LogP contribution is 2.15. The number of fused-ring (bicyclic) bond motifs is 1. The number of imidazole rings is 1. The first-order chi connectivity index (χ1) is 8.38. The van der Waals surface area contributed by atoms with Gasteiger partial charge in [-0.15, -0.1) is 0 Å². The van der Waals surface area contributed by atoms with E-state index in [1.807, 2.05) is 37.4 Å². The summed E-state index contributed by atoms with van der Waals surface area (Å²) in [4.78, 5) is 4.35. The summed E-state index contributed by atoms with van der Waals surface area (Å²) in [5, 5.41) is 0. The van der Waals surface area contributed by atoms with Crippen LogP contribution in [-0.4, -0.2) is 18.3 Å². The quantitative estimate of drug-likeness (QED) is 0.836. The zero-order chi connectivity index (χ0) is 13.3. The summed E-state index contributed by atoms with van der Waals surface area (Å²) in [5.74, 6) is 0. The first kappa shape index (κ1) is 14.0. The third-order valence-electron chi connectivity index (χ3n) is 2.51. The summed E-state index contributed by atoms with van der Waals surface area (Å²) in [5.41, 5.74) is 1.98. The fourth-order valence-corrected chi connectivity index (χ4v) is 2.66. The van der Waals surface area contributed by atoms with Gasteiger partial charge < -0.3 is 4.40 Å². The predicted molar refractivity (Wildman–Crippen MR) is 82.6 cm³/mol. The van der Waals surface area contributed by atoms with Crippen LogP contribution in [0.5, 0.6) is 0 Å². The van der Waals surface area contributed by atoms with Crippen LogP contribution in [0.15, 0.2) is 24.7 Å². The Balaban J connectivity index is 2.18. The van der Waals surface area contributed by atoms with Crippen LogP contribution in [0.1, 0.15) is 26.5 Å². The van der Waals surface area contributed by atoms with Crippen LogP contribution in [-0.2, 0) is 17.5 Å². The van der Waals surface area contributed by atoms with Crippen molar-refractivity contribution in [1.82, 2.24) is 14.1 Å². The van der Waals surface area contributed by atoms with Gasteiger partial charge in [-0.1, -0.05) is 0 Å². The van der Waals surface area contributed by atoms with Gasteiger partial charge in [0.25, 0.3) is 0 Å². The van der Waals surface area contributed by atoms with E-state index < -0.39 is 11.0 Å². The van der Waals surface area contributed by atoms with Gasteiger partial charge in [-0.05, 0) is 55.5 Å². The van der Waals surface area contributed by atoms with Gasteiger partial charge in [0.05, 0.1) is 39.8 Å². The largest absolute Gasteiger partial charge is 0.306 e. The molecule has 1 N–H and O–H groups in total. The minimum Gasteiger partial charge on any atom is -0.306 e. The molecule has 0 amide bonds. The van der Waals surface area contributed by atoms with Crippen molar-refractivity contribution in [2.75, 3.05) is 0 Å². The normalized spacial score (nSPS) is 14.0. The monoisotopic (exact) mass is 377 g/mol. The zero-order valence-corrected chi connectivity index (χ0v) is 13.6. The highest BCUT2D eigenvalue weighted by atomic mass is 127. The van der Waals surface area contributed by atoms with Gasteiger partial charge in [-0.2, -0.15) is 0 Å². The van der Waals surface area contributed by atoms with Crippen molar-refractivity contribution in [2.24, 2.45) is 0 Å². The average molecular weight is 377 g/mol. The lowest BCUT2D eigenvalue weighted by Gasteiger charge is -2.17. The Labute approximate surface area is 123 Å². The molecule has 0 aromatic carbocycles. The summed E-state index contributed by atoms with van der Waals surface area (Å²) >= 11 is 2.28. The van der Waals surface area contributed by atoms with Crippen LogP contribution in [0, 0.1) is 3.57 Å². The second kappa shape index (κ2) is 5.26. The molecule has 0 aliphatic carbocycles. The number of hydrogen-bond acceptors (Lipinski definition) is 2. The molecule has 98 valence electrons. The minimum atomic E-state index is -1.07. The van der Waals surface area contributed by atoms with Crippen LogP contribution < -0.4 is 4.72 Å². The maximum atomic E-state index is 11.9. The first-order valence-electron chi connectivity index (χ1n) is 5.64. The molecule has 2 aromatic rings. The van der Waals surface area contributed by atoms with E-state index in [-0.39, 0.29) is 4.75 Å². The fraction of sp³-hybridized carbons (Fsp3) is 0.417. The summed E-state index contributed by atoms with van der Waals surface area (Å²) < 4.78 is 17.8. The van der Waals surface area contributed by atoms with Gasteiger partial charge in [0.15, 0.2) is 0 Å². The van der Waals surface area contributed by atoms with E-state index in [1.165, 1.54) is 3.57 Å². The van der Waals surface area contributed by atoms with Crippen LogP contribution in [0.4, 0.5) is 0 Å². The maximum absolute atomic E-state index is 11.9. The van der Waals surface area contributed by atoms with Gasteiger partial charge in [0.2, 0.25) is 0 Å². The van der Waals surface area contributed by atoms with Gasteiger partial charge in [-0.25, -0.2) is 13.9 Å². The molecule has 0 aliphatic heterocycles. The van der Waals surface area contributed by atoms with E-state index in [4.69, 9.17) is 0 Å². The van der Waals surface area contributed by atoms with Crippen LogP contribution in [0.2, 0.25) is 0 Å². The summed E-state index contributed by atoms with van der Waals surface area (Å²) in [6.07, 6.45) is 3.76. The van der Waals surface area contributed by atoms with Crippen molar-refractivity contribution >= 4 is 39.1 Å². The molecule has 2 heterocycles. The molecule has 4 nitrogen and oxygen atoms in total. The van der Waals surface area contributed by atoms with Crippen LogP contribution in [0.25, 0.3) is 5.52 Å². The molecule has 0 spiro atoms. The van der Waals surface area contributed by atoms with E-state index in [9.17, 15) is 4.21 Å². The summed E-state index contributed by atoms with van der Waals surface area (Å²) in [6, 6.07) is 4.10. The smallest absolute Gasteiger partial charge is 0.0996 e. The Kier molecular flexibility index (Phi) is 4.08. The van der Waals surface area contributed by atoms with Crippen molar-refractivity contribution < 1.29 is 4.21 Å². The van der Waals surface area contributed by atoms with E-state index in [0.717, 1.165) is 11.2 Å². The van der Waals surface area contributed by atoms with Gasteiger partial charge in [0, 0.05) is 9.77 Å². The number of aromatic nitrogens is 2.